The van der Waals surface area contributed by atoms with Gasteiger partial charge in [0.05, 0.1) is 22.5 Å². The van der Waals surface area contributed by atoms with Crippen molar-refractivity contribution in [3.8, 4) is 0 Å². The molecule has 1 aromatic carbocycles. The van der Waals surface area contributed by atoms with Gasteiger partial charge >= 0.3 is 0 Å². The van der Waals surface area contributed by atoms with Crippen LogP contribution in [0, 0.1) is 24.4 Å². The van der Waals surface area contributed by atoms with Gasteiger partial charge in [-0.1, -0.05) is 0 Å². The van der Waals surface area contributed by atoms with E-state index >= 15 is 0 Å². The number of hydrogen-bond donors (Lipinski definition) is 3. The number of hydrogen-bond acceptors (Lipinski definition) is 5. The van der Waals surface area contributed by atoms with Crippen molar-refractivity contribution in [2.45, 2.75) is 64.2 Å². The fourth-order valence-electron chi connectivity index (χ4n) is 5.28. The molecule has 1 saturated carbocycles. The monoisotopic (exact) mass is 507 g/mol. The minimum Gasteiger partial charge on any atom is -0.341 e. The number of nitrogens with one attached hydrogen (secondary N) is 2. The third-order valence-corrected chi connectivity index (χ3v) is 6.88. The van der Waals surface area contributed by atoms with Crippen molar-refractivity contribution in [3.63, 3.8) is 0 Å². The van der Waals surface area contributed by atoms with Crippen molar-refractivity contribution < 1.29 is 31.9 Å². The summed E-state index contributed by atoms with van der Waals surface area (Å²) in [5.41, 5.74) is -2.03. The number of benzene rings is 1. The first-order valence-electron chi connectivity index (χ1n) is 11.3. The van der Waals surface area contributed by atoms with E-state index in [1.54, 1.807) is 4.57 Å². The summed E-state index contributed by atoms with van der Waals surface area (Å²) < 4.78 is 56.3. The number of hydrazone groups is 1. The average Bonchev–Trinajstić information content (AvgIpc) is 3.34. The van der Waals surface area contributed by atoms with Gasteiger partial charge in [-0.2, -0.15) is 5.10 Å². The van der Waals surface area contributed by atoms with E-state index < -0.39 is 46.3 Å². The molecule has 4 N–H and O–H groups in total. The van der Waals surface area contributed by atoms with Gasteiger partial charge in [0.15, 0.2) is 17.5 Å². The van der Waals surface area contributed by atoms with Crippen molar-refractivity contribution in [1.29, 1.82) is 0 Å². The minimum absolute atomic E-state index is 0.0126. The zero-order valence-electron chi connectivity index (χ0n) is 19.9. The van der Waals surface area contributed by atoms with E-state index in [9.17, 15) is 31.9 Å². The number of ketones is 1. The maximum absolute atomic E-state index is 14.3. The van der Waals surface area contributed by atoms with E-state index in [1.807, 2.05) is 0 Å². The summed E-state index contributed by atoms with van der Waals surface area (Å²) in [6.45, 7) is 4.76. The number of nitrogens with two attached hydrogens (primary N) is 1. The van der Waals surface area contributed by atoms with Crippen molar-refractivity contribution >= 4 is 29.0 Å². The van der Waals surface area contributed by atoms with Gasteiger partial charge in [0.25, 0.3) is 17.6 Å². The molecule has 0 bridgehead atoms. The molecule has 192 valence electrons. The van der Waals surface area contributed by atoms with E-state index in [-0.39, 0.29) is 41.1 Å². The second-order valence-corrected chi connectivity index (χ2v) is 9.61. The molecule has 1 aliphatic carbocycles. The topological polar surface area (TPSA) is 119 Å². The number of anilines is 1. The van der Waals surface area contributed by atoms with Gasteiger partial charge in [-0.25, -0.2) is 17.6 Å². The molecule has 0 radical (unpaired) electrons. The number of alkyl halides is 1. The van der Waals surface area contributed by atoms with E-state index in [2.05, 4.69) is 15.7 Å². The number of carbonyl (C=O) groups is 3. The summed E-state index contributed by atoms with van der Waals surface area (Å²) in [6.07, 6.45) is 0.818. The highest BCUT2D eigenvalue weighted by Crippen LogP contribution is 2.45. The fourth-order valence-corrected chi connectivity index (χ4v) is 5.28. The van der Waals surface area contributed by atoms with Gasteiger partial charge in [0.1, 0.15) is 5.67 Å². The number of fused-ring (bicyclic) bond motifs is 1. The molecule has 1 aliphatic heterocycles. The number of aromatic nitrogens is 1. The quantitative estimate of drug-likeness (QED) is 0.106. The number of halogens is 4. The zero-order chi connectivity index (χ0) is 26.6. The van der Waals surface area contributed by atoms with Crippen LogP contribution < -0.4 is 16.5 Å². The number of carbonyl (C=O) groups excluding carboxylic acids is 3. The van der Waals surface area contributed by atoms with Crippen LogP contribution in [0.5, 0.6) is 0 Å². The van der Waals surface area contributed by atoms with Gasteiger partial charge < -0.3 is 21.0 Å². The Balaban J connectivity index is 1.64. The smallest absolute Gasteiger partial charge is 0.294 e. The van der Waals surface area contributed by atoms with Crippen LogP contribution in [0.25, 0.3) is 0 Å². The molecule has 2 heterocycles. The largest absolute Gasteiger partial charge is 0.341 e. The molecule has 2 aromatic rings. The molecule has 2 aliphatic rings. The Labute approximate surface area is 203 Å². The Morgan fingerprint density at radius 1 is 1.14 bits per heavy atom. The lowest BCUT2D eigenvalue weighted by molar-refractivity contribution is -0.120. The van der Waals surface area contributed by atoms with Crippen molar-refractivity contribution in [2.24, 2.45) is 10.9 Å². The van der Waals surface area contributed by atoms with Crippen molar-refractivity contribution in [3.05, 3.63) is 52.1 Å². The first-order chi connectivity index (χ1) is 16.8. The van der Waals surface area contributed by atoms with E-state index in [0.717, 1.165) is 0 Å². The summed E-state index contributed by atoms with van der Waals surface area (Å²) in [7, 11) is 0. The van der Waals surface area contributed by atoms with Crippen molar-refractivity contribution in [2.75, 3.05) is 5.32 Å². The lowest BCUT2D eigenvalue weighted by atomic mass is 9.64. The first kappa shape index (κ1) is 25.4. The van der Waals surface area contributed by atoms with Gasteiger partial charge in [-0.05, 0) is 39.2 Å². The van der Waals surface area contributed by atoms with Gasteiger partial charge in [0.2, 0.25) is 0 Å². The highest BCUT2D eigenvalue weighted by Gasteiger charge is 2.56. The van der Waals surface area contributed by atoms with Crippen LogP contribution >= 0.6 is 0 Å². The predicted molar refractivity (Wildman–Crippen MR) is 123 cm³/mol. The molecule has 0 atom stereocenters. The van der Waals surface area contributed by atoms with Crippen molar-refractivity contribution in [1.82, 2.24) is 9.88 Å². The first-order valence-corrected chi connectivity index (χ1v) is 11.3. The van der Waals surface area contributed by atoms with Crippen LogP contribution in [-0.4, -0.2) is 39.1 Å². The Bertz CT molecular complexity index is 1300. The molecule has 2 amide bonds. The molecule has 4 rings (SSSR count). The molecular formula is C24H25F4N5O3. The molecule has 12 heteroatoms. The minimum atomic E-state index is -1.67. The van der Waals surface area contributed by atoms with Crippen LogP contribution in [0.4, 0.5) is 23.2 Å². The van der Waals surface area contributed by atoms with Crippen LogP contribution in [0.3, 0.4) is 0 Å². The maximum atomic E-state index is 14.3. The third-order valence-electron chi connectivity index (χ3n) is 6.88. The Morgan fingerprint density at radius 3 is 2.31 bits per heavy atom. The Hall–Kier alpha value is -3.70. The number of Topliss-reactive ketones (excluding diaryl/α,β-unsaturated/α-hetero) is 1. The summed E-state index contributed by atoms with van der Waals surface area (Å²) in [4.78, 5) is 39.3. The van der Waals surface area contributed by atoms with Gasteiger partial charge in [-0.3, -0.25) is 14.4 Å². The average molecular weight is 507 g/mol. The molecule has 8 nitrogen and oxygen atoms in total. The molecule has 0 saturated heterocycles. The highest BCUT2D eigenvalue weighted by molar-refractivity contribution is 6.43. The molecule has 36 heavy (non-hydrogen) atoms. The SMILES string of the molecule is C/C(=N\N)C1(NC(=O)C(=O)c2c(C)c(C(=O)Nc3cc(F)c(F)c(F)c3)c3n2CCC3)CC(C)(F)C1. The molecule has 1 fully saturated rings. The lowest BCUT2D eigenvalue weighted by Crippen LogP contribution is -2.67. The summed E-state index contributed by atoms with van der Waals surface area (Å²) in [6, 6.07) is 1.28. The van der Waals surface area contributed by atoms with Crippen LogP contribution in [0.2, 0.25) is 0 Å². The number of nitrogens with zero attached hydrogens (tertiary/aromatic N) is 2. The molecule has 1 aromatic heterocycles. The molecular weight excluding hydrogens is 482 g/mol. The third kappa shape index (κ3) is 4.14. The summed E-state index contributed by atoms with van der Waals surface area (Å²) in [5.74, 6) is -1.94. The van der Waals surface area contributed by atoms with Gasteiger partial charge in [0, 0.05) is 42.9 Å². The number of amides is 2. The van der Waals surface area contributed by atoms with E-state index in [1.165, 1.54) is 20.8 Å². The summed E-state index contributed by atoms with van der Waals surface area (Å²) in [5, 5.41) is 8.48. The normalized spacial score (nSPS) is 23.1. The molecule has 0 unspecified atom stereocenters. The lowest BCUT2D eigenvalue weighted by Gasteiger charge is -2.50. The van der Waals surface area contributed by atoms with Gasteiger partial charge in [-0.15, -0.1) is 0 Å². The van der Waals surface area contributed by atoms with Crippen LogP contribution in [0.1, 0.15) is 65.2 Å². The maximum Gasteiger partial charge on any atom is 0.294 e. The Morgan fingerprint density at radius 2 is 1.75 bits per heavy atom. The standard InChI is InChI=1S/C24H25F4N5O3/c1-11-17(21(35)30-13-7-14(25)18(27)15(26)8-13)16-5-4-6-33(16)19(11)20(34)22(36)31-24(12(2)32-29)9-23(3,28)10-24/h7-8H,4-6,9-10,29H2,1-3H3,(H,30,35)(H,31,36)/b32-12+. The highest BCUT2D eigenvalue weighted by atomic mass is 19.2. The zero-order valence-corrected chi connectivity index (χ0v) is 19.9. The van der Waals surface area contributed by atoms with Crippen LogP contribution in [-0.2, 0) is 17.8 Å². The second-order valence-electron chi connectivity index (χ2n) is 9.61. The van der Waals surface area contributed by atoms with Crippen LogP contribution in [0.15, 0.2) is 17.2 Å². The molecule has 0 spiro atoms. The Kier molecular flexibility index (Phi) is 6.17. The second kappa shape index (κ2) is 8.75. The van der Waals surface area contributed by atoms with E-state index in [4.69, 9.17) is 5.84 Å². The fraction of sp³-hybridized carbons (Fsp3) is 0.417. The van der Waals surface area contributed by atoms with E-state index in [0.29, 0.717) is 37.2 Å². The predicted octanol–water partition coefficient (Wildman–Crippen LogP) is 3.31. The summed E-state index contributed by atoms with van der Waals surface area (Å²) >= 11 is 0. The number of rotatable bonds is 6.